The molecule has 26 heavy (non-hydrogen) atoms. The standard InChI is InChI=1S/C19H19N3O4/c1-2-13-7-3-4-8-14(13)21-17(23)11-20-18(24)12-22-15-9-5-6-10-16(15)26-19(22)25/h3-10H,2,11-12H2,1H3,(H,20,24)(H,21,23). The summed E-state index contributed by atoms with van der Waals surface area (Å²) in [5.74, 6) is -1.39. The van der Waals surface area contributed by atoms with Gasteiger partial charge < -0.3 is 15.1 Å². The van der Waals surface area contributed by atoms with E-state index in [0.717, 1.165) is 17.7 Å². The highest BCUT2D eigenvalue weighted by Gasteiger charge is 2.13. The number of oxazole rings is 1. The van der Waals surface area contributed by atoms with Gasteiger partial charge in [-0.25, -0.2) is 4.79 Å². The maximum atomic E-state index is 12.1. The fourth-order valence-electron chi connectivity index (χ4n) is 2.69. The second kappa shape index (κ2) is 7.69. The largest absolute Gasteiger partial charge is 0.420 e. The van der Waals surface area contributed by atoms with Crippen molar-refractivity contribution in [3.63, 3.8) is 0 Å². The molecule has 3 aromatic rings. The van der Waals surface area contributed by atoms with E-state index >= 15 is 0 Å². The Morgan fingerprint density at radius 1 is 1.04 bits per heavy atom. The van der Waals surface area contributed by atoms with Crippen molar-refractivity contribution in [1.82, 2.24) is 9.88 Å². The van der Waals surface area contributed by atoms with Gasteiger partial charge in [-0.05, 0) is 30.2 Å². The highest BCUT2D eigenvalue weighted by molar-refractivity contribution is 5.95. The van der Waals surface area contributed by atoms with Crippen LogP contribution >= 0.6 is 0 Å². The Bertz CT molecular complexity index is 1000. The first-order valence-corrected chi connectivity index (χ1v) is 8.31. The van der Waals surface area contributed by atoms with Gasteiger partial charge in [-0.15, -0.1) is 0 Å². The lowest BCUT2D eigenvalue weighted by Crippen LogP contribution is -2.36. The fourth-order valence-corrected chi connectivity index (χ4v) is 2.69. The van der Waals surface area contributed by atoms with Gasteiger partial charge >= 0.3 is 5.76 Å². The van der Waals surface area contributed by atoms with Crippen molar-refractivity contribution in [3.8, 4) is 0 Å². The smallest absolute Gasteiger partial charge is 0.408 e. The van der Waals surface area contributed by atoms with Crippen LogP contribution in [0.15, 0.2) is 57.7 Å². The van der Waals surface area contributed by atoms with Crippen molar-refractivity contribution in [1.29, 1.82) is 0 Å². The third-order valence-corrected chi connectivity index (χ3v) is 3.99. The van der Waals surface area contributed by atoms with E-state index in [0.29, 0.717) is 11.1 Å². The first kappa shape index (κ1) is 17.5. The predicted molar refractivity (Wildman–Crippen MR) is 97.9 cm³/mol. The van der Waals surface area contributed by atoms with E-state index in [1.807, 2.05) is 31.2 Å². The van der Waals surface area contributed by atoms with Crippen molar-refractivity contribution >= 4 is 28.6 Å². The number of anilines is 1. The van der Waals surface area contributed by atoms with Crippen LogP contribution < -0.4 is 16.4 Å². The van der Waals surface area contributed by atoms with E-state index in [2.05, 4.69) is 10.6 Å². The molecule has 7 heteroatoms. The van der Waals surface area contributed by atoms with E-state index in [4.69, 9.17) is 4.42 Å². The summed E-state index contributed by atoms with van der Waals surface area (Å²) in [6.45, 7) is 1.61. The Morgan fingerprint density at radius 3 is 2.58 bits per heavy atom. The molecular formula is C19H19N3O4. The maximum Gasteiger partial charge on any atom is 0.420 e. The summed E-state index contributed by atoms with van der Waals surface area (Å²) < 4.78 is 6.31. The molecule has 0 unspecified atom stereocenters. The number of para-hydroxylation sites is 3. The van der Waals surface area contributed by atoms with Crippen molar-refractivity contribution < 1.29 is 14.0 Å². The molecule has 0 aliphatic heterocycles. The topological polar surface area (TPSA) is 93.3 Å². The first-order valence-electron chi connectivity index (χ1n) is 8.31. The number of amides is 2. The number of nitrogens with zero attached hydrogens (tertiary/aromatic N) is 1. The molecule has 0 saturated heterocycles. The van der Waals surface area contributed by atoms with Crippen LogP contribution in [-0.4, -0.2) is 22.9 Å². The van der Waals surface area contributed by atoms with Gasteiger partial charge in [-0.1, -0.05) is 37.3 Å². The van der Waals surface area contributed by atoms with Crippen LogP contribution in [0.4, 0.5) is 5.69 Å². The number of carbonyl (C=O) groups is 2. The van der Waals surface area contributed by atoms with Crippen LogP contribution in [0.5, 0.6) is 0 Å². The van der Waals surface area contributed by atoms with Gasteiger partial charge in [0.15, 0.2) is 5.58 Å². The SMILES string of the molecule is CCc1ccccc1NC(=O)CNC(=O)Cn1c(=O)oc2ccccc21. The molecule has 1 heterocycles. The third-order valence-electron chi connectivity index (χ3n) is 3.99. The fraction of sp³-hybridized carbons (Fsp3) is 0.211. The summed E-state index contributed by atoms with van der Waals surface area (Å²) >= 11 is 0. The highest BCUT2D eigenvalue weighted by Crippen LogP contribution is 2.15. The average Bonchev–Trinajstić information content (AvgIpc) is 2.96. The second-order valence-corrected chi connectivity index (χ2v) is 5.76. The van der Waals surface area contributed by atoms with Crippen molar-refractivity contribution in [3.05, 3.63) is 64.6 Å². The number of aryl methyl sites for hydroxylation is 1. The lowest BCUT2D eigenvalue weighted by atomic mass is 10.1. The summed E-state index contributed by atoms with van der Waals surface area (Å²) in [7, 11) is 0. The molecule has 0 atom stereocenters. The monoisotopic (exact) mass is 353 g/mol. The molecule has 2 aromatic carbocycles. The van der Waals surface area contributed by atoms with Crippen LogP contribution in [0.1, 0.15) is 12.5 Å². The lowest BCUT2D eigenvalue weighted by molar-refractivity contribution is -0.124. The number of hydrogen-bond acceptors (Lipinski definition) is 4. The van der Waals surface area contributed by atoms with E-state index in [9.17, 15) is 14.4 Å². The Kier molecular flexibility index (Phi) is 5.17. The molecule has 0 fully saturated rings. The number of rotatable bonds is 6. The molecule has 134 valence electrons. The zero-order chi connectivity index (χ0) is 18.5. The van der Waals surface area contributed by atoms with E-state index in [1.54, 1.807) is 24.3 Å². The molecular weight excluding hydrogens is 334 g/mol. The van der Waals surface area contributed by atoms with E-state index < -0.39 is 11.7 Å². The zero-order valence-electron chi connectivity index (χ0n) is 14.3. The van der Waals surface area contributed by atoms with Gasteiger partial charge in [0.05, 0.1) is 12.1 Å². The average molecular weight is 353 g/mol. The molecule has 2 N–H and O–H groups in total. The number of nitrogens with one attached hydrogen (secondary N) is 2. The maximum absolute atomic E-state index is 12.1. The minimum absolute atomic E-state index is 0.179. The van der Waals surface area contributed by atoms with Gasteiger partial charge in [0.2, 0.25) is 11.8 Å². The minimum atomic E-state index is -0.609. The van der Waals surface area contributed by atoms with Crippen LogP contribution in [0.2, 0.25) is 0 Å². The Labute approximate surface area is 149 Å². The number of fused-ring (bicyclic) bond motifs is 1. The van der Waals surface area contributed by atoms with Gasteiger partial charge in [-0.3, -0.25) is 14.2 Å². The number of benzene rings is 2. The summed E-state index contributed by atoms with van der Waals surface area (Å²) in [5, 5.41) is 5.29. The molecule has 0 aliphatic rings. The van der Waals surface area contributed by atoms with Gasteiger partial charge in [0.1, 0.15) is 6.54 Å². The zero-order valence-corrected chi connectivity index (χ0v) is 14.3. The summed E-state index contributed by atoms with van der Waals surface area (Å²) in [6.07, 6.45) is 0.791. The number of aromatic nitrogens is 1. The van der Waals surface area contributed by atoms with Gasteiger partial charge in [0.25, 0.3) is 0 Å². The molecule has 0 radical (unpaired) electrons. The van der Waals surface area contributed by atoms with E-state index in [1.165, 1.54) is 4.57 Å². The van der Waals surface area contributed by atoms with E-state index in [-0.39, 0.29) is 19.0 Å². The molecule has 0 aliphatic carbocycles. The molecule has 7 nitrogen and oxygen atoms in total. The molecule has 0 saturated carbocycles. The lowest BCUT2D eigenvalue weighted by Gasteiger charge is -2.10. The van der Waals surface area contributed by atoms with Crippen LogP contribution in [0.25, 0.3) is 11.1 Å². The first-order chi connectivity index (χ1) is 12.6. The van der Waals surface area contributed by atoms with Crippen LogP contribution in [0, 0.1) is 0 Å². The van der Waals surface area contributed by atoms with Crippen molar-refractivity contribution in [2.75, 3.05) is 11.9 Å². The third kappa shape index (κ3) is 3.83. The highest BCUT2D eigenvalue weighted by atomic mass is 16.4. The quantitative estimate of drug-likeness (QED) is 0.708. The summed E-state index contributed by atoms with van der Waals surface area (Å²) in [6, 6.07) is 14.3. The molecule has 1 aromatic heterocycles. The molecule has 2 amide bonds. The molecule has 0 bridgehead atoms. The minimum Gasteiger partial charge on any atom is -0.408 e. The number of hydrogen-bond donors (Lipinski definition) is 2. The summed E-state index contributed by atoms with van der Waals surface area (Å²) in [4.78, 5) is 36.0. The normalized spacial score (nSPS) is 10.7. The van der Waals surface area contributed by atoms with Crippen molar-refractivity contribution in [2.45, 2.75) is 19.9 Å². The second-order valence-electron chi connectivity index (χ2n) is 5.76. The van der Waals surface area contributed by atoms with Crippen LogP contribution in [0.3, 0.4) is 0 Å². The van der Waals surface area contributed by atoms with Gasteiger partial charge in [-0.2, -0.15) is 0 Å². The Morgan fingerprint density at radius 2 is 1.77 bits per heavy atom. The van der Waals surface area contributed by atoms with Crippen LogP contribution in [-0.2, 0) is 22.6 Å². The summed E-state index contributed by atoms with van der Waals surface area (Å²) in [5.41, 5.74) is 2.70. The Hall–Kier alpha value is -3.35. The molecule has 0 spiro atoms. The number of carbonyl (C=O) groups excluding carboxylic acids is 2. The van der Waals surface area contributed by atoms with Gasteiger partial charge in [0, 0.05) is 5.69 Å². The predicted octanol–water partition coefficient (Wildman–Crippen LogP) is 1.91. The molecule has 3 rings (SSSR count). The van der Waals surface area contributed by atoms with Crippen molar-refractivity contribution in [2.24, 2.45) is 0 Å². The Balaban J connectivity index is 1.59.